The molecule has 0 aliphatic carbocycles. The smallest absolute Gasteiger partial charge is 0.430 e. The van der Waals surface area contributed by atoms with Crippen molar-refractivity contribution in [3.05, 3.63) is 0 Å². The van der Waals surface area contributed by atoms with Crippen LogP contribution in [0.5, 0.6) is 0 Å². The van der Waals surface area contributed by atoms with Crippen LogP contribution in [-0.4, -0.2) is 57.9 Å². The summed E-state index contributed by atoms with van der Waals surface area (Å²) in [6.07, 6.45) is 0. The van der Waals surface area contributed by atoms with E-state index in [0.29, 0.717) is 0 Å². The first-order valence-electron chi connectivity index (χ1n) is 16.7. The summed E-state index contributed by atoms with van der Waals surface area (Å²) >= 11 is -3.85. The highest BCUT2D eigenvalue weighted by molar-refractivity contribution is 6.66. The molecule has 0 aromatic rings. The van der Waals surface area contributed by atoms with Crippen LogP contribution < -0.4 is 0 Å². The van der Waals surface area contributed by atoms with Gasteiger partial charge in [0, 0.05) is 0 Å². The van der Waals surface area contributed by atoms with Crippen LogP contribution in [0.15, 0.2) is 0 Å². The fourth-order valence-electron chi connectivity index (χ4n) is 5.58. The molecule has 0 unspecified atom stereocenters. The molecular weight excluding hydrogens is 524 g/mol. The highest BCUT2D eigenvalue weighted by atomic mass is 27.3. The molecule has 0 fully saturated rings. The fourth-order valence-corrected chi connectivity index (χ4v) is 22.7. The van der Waals surface area contributed by atoms with Crippen LogP contribution in [0.2, 0.25) is 42.3 Å². The molecule has 0 aliphatic heterocycles. The van der Waals surface area contributed by atoms with Gasteiger partial charge < -0.3 is 5.68 Å². The fraction of sp³-hybridized carbons (Fsp3) is 1.00. The second-order valence-corrected chi connectivity index (χ2v) is 26.7. The molecule has 0 saturated heterocycles. The molecule has 0 saturated carbocycles. The Morgan fingerprint density at radius 2 is 0.368 bits per heavy atom. The van der Waals surface area contributed by atoms with Crippen molar-refractivity contribution < 1.29 is 5.68 Å². The van der Waals surface area contributed by atoms with E-state index in [0.717, 1.165) is 47.3 Å². The van der Waals surface area contributed by atoms with Crippen LogP contribution in [0, 0.1) is 47.3 Å². The summed E-state index contributed by atoms with van der Waals surface area (Å²) in [5.74, 6) is 6.47. The average Bonchev–Trinajstić information content (AvgIpc) is 2.63. The van der Waals surface area contributed by atoms with Gasteiger partial charge in [0.2, 0.25) is 0 Å². The first kappa shape index (κ1) is 42.2. The van der Waals surface area contributed by atoms with E-state index in [1.165, 1.54) is 42.3 Å². The molecule has 0 aliphatic rings. The zero-order valence-electron chi connectivity index (χ0n) is 29.4. The Balaban J connectivity index is 0. The summed E-state index contributed by atoms with van der Waals surface area (Å²) in [5, 5.41) is 11.0. The van der Waals surface area contributed by atoms with E-state index in [2.05, 4.69) is 111 Å². The van der Waals surface area contributed by atoms with Gasteiger partial charge in [-0.1, -0.05) is 200 Å². The second-order valence-electron chi connectivity index (χ2n) is 15.8. The van der Waals surface area contributed by atoms with E-state index in [9.17, 15) is 0 Å². The molecular formula is C32H72Al4O2. The van der Waals surface area contributed by atoms with E-state index >= 15 is 0 Å². The summed E-state index contributed by atoms with van der Waals surface area (Å²) < 4.78 is 13.5. The normalized spacial score (nSPS) is 12.0. The number of hydrogen-bond acceptors (Lipinski definition) is 2. The first-order valence-corrected chi connectivity index (χ1v) is 25.1. The predicted molar refractivity (Wildman–Crippen MR) is 182 cm³/mol. The van der Waals surface area contributed by atoms with Gasteiger partial charge in [0.15, 0.2) is 0 Å². The van der Waals surface area contributed by atoms with Crippen LogP contribution in [0.25, 0.3) is 0 Å². The summed E-state index contributed by atoms with van der Waals surface area (Å²) in [6.45, 7) is 37.6. The van der Waals surface area contributed by atoms with Crippen molar-refractivity contribution in [1.82, 2.24) is 0 Å². The summed E-state index contributed by atoms with van der Waals surface area (Å²) in [6, 6.07) is 0. The molecule has 0 amide bonds. The van der Waals surface area contributed by atoms with Crippen LogP contribution in [0.3, 0.4) is 0 Å². The summed E-state index contributed by atoms with van der Waals surface area (Å²) in [7, 11) is 0. The van der Waals surface area contributed by atoms with Gasteiger partial charge in [-0.05, 0) is 0 Å². The topological polar surface area (TPSA) is 18.5 Å². The van der Waals surface area contributed by atoms with Crippen molar-refractivity contribution in [1.29, 1.82) is 0 Å². The van der Waals surface area contributed by atoms with Crippen LogP contribution in [-0.2, 0) is 5.68 Å². The van der Waals surface area contributed by atoms with E-state index in [1.54, 1.807) is 0 Å². The maximum atomic E-state index is 6.77. The van der Waals surface area contributed by atoms with Gasteiger partial charge in [0.05, 0.1) is 0 Å². The molecule has 0 aromatic heterocycles. The molecule has 0 bridgehead atoms. The maximum absolute atomic E-state index is 6.77. The molecule has 0 aromatic carbocycles. The zero-order chi connectivity index (χ0) is 30.0. The molecule has 0 rings (SSSR count). The van der Waals surface area contributed by atoms with E-state index in [1.807, 2.05) is 0 Å². The average molecular weight is 597 g/mol. The molecule has 224 valence electrons. The van der Waals surface area contributed by atoms with E-state index in [-0.39, 0.29) is 0 Å². The van der Waals surface area contributed by atoms with E-state index < -0.39 is 57.9 Å². The molecule has 0 radical (unpaired) electrons. The van der Waals surface area contributed by atoms with Gasteiger partial charge >= 0.3 is 57.9 Å². The lowest BCUT2D eigenvalue weighted by Crippen LogP contribution is -2.33. The largest absolute Gasteiger partial charge is 0.636 e. The van der Waals surface area contributed by atoms with Crippen molar-refractivity contribution in [2.45, 2.75) is 153 Å². The molecule has 2 nitrogen and oxygen atoms in total. The molecule has 0 spiro atoms. The van der Waals surface area contributed by atoms with Crippen LogP contribution >= 0.6 is 0 Å². The van der Waals surface area contributed by atoms with Gasteiger partial charge in [-0.15, -0.1) is 0 Å². The highest BCUT2D eigenvalue weighted by Gasteiger charge is 2.32. The Labute approximate surface area is 262 Å². The third-order valence-corrected chi connectivity index (χ3v) is 24.6. The molecule has 6 heteroatoms. The van der Waals surface area contributed by atoms with Crippen LogP contribution in [0.4, 0.5) is 0 Å². The standard InChI is InChI=1S/8C4H9.4Al.2O/c8*1-4(2)3;;;;;;/h8*4H,1H2,2-3H3;;;;;;. The van der Waals surface area contributed by atoms with Gasteiger partial charge in [0.25, 0.3) is 0 Å². The molecule has 0 N–H and O–H groups in total. The Morgan fingerprint density at radius 1 is 0.263 bits per heavy atom. The second kappa shape index (κ2) is 24.5. The summed E-state index contributed by atoms with van der Waals surface area (Å²) in [5.41, 5.74) is 0. The Bertz CT molecular complexity index is 392. The summed E-state index contributed by atoms with van der Waals surface area (Å²) in [4.78, 5) is 0. The molecule has 0 atom stereocenters. The van der Waals surface area contributed by atoms with Gasteiger partial charge in [0.1, 0.15) is 0 Å². The maximum Gasteiger partial charge on any atom is 0.430 e. The molecule has 0 heterocycles. The monoisotopic (exact) mass is 596 g/mol. The highest BCUT2D eigenvalue weighted by Crippen LogP contribution is 2.23. The van der Waals surface area contributed by atoms with Gasteiger partial charge in [-0.25, -0.2) is 0 Å². The SMILES string of the molecule is CC(C)[CH2][Al]([CH2]C(C)C)[O][Al]([CH2]C(C)C)[CH2]C(C)C.CC(C)[CH2][Al]([CH2]C(C)C)[O][Al]([CH2]C(C)C)[CH2]C(C)C. The quantitative estimate of drug-likeness (QED) is 0.130. The lowest BCUT2D eigenvalue weighted by molar-refractivity contribution is 0.505. The minimum absolute atomic E-state index is 0.808. The van der Waals surface area contributed by atoms with Crippen molar-refractivity contribution in [3.63, 3.8) is 0 Å². The van der Waals surface area contributed by atoms with Crippen molar-refractivity contribution in [2.75, 3.05) is 0 Å². The Kier molecular flexibility index (Phi) is 27.2. The van der Waals surface area contributed by atoms with E-state index in [4.69, 9.17) is 5.68 Å². The third-order valence-electron chi connectivity index (χ3n) is 6.64. The van der Waals surface area contributed by atoms with Crippen LogP contribution in [0.1, 0.15) is 111 Å². The van der Waals surface area contributed by atoms with Crippen molar-refractivity contribution in [2.24, 2.45) is 47.3 Å². The van der Waals surface area contributed by atoms with Gasteiger partial charge in [-0.3, -0.25) is 0 Å². The number of hydrogen-bond donors (Lipinski definition) is 0. The number of rotatable bonds is 20. The zero-order valence-corrected chi connectivity index (χ0v) is 34.0. The van der Waals surface area contributed by atoms with Gasteiger partial charge in [-0.2, -0.15) is 0 Å². The predicted octanol–water partition coefficient (Wildman–Crippen LogP) is 11.2. The lowest BCUT2D eigenvalue weighted by Gasteiger charge is -2.25. The first-order chi connectivity index (χ1) is 17.4. The Morgan fingerprint density at radius 3 is 0.447 bits per heavy atom. The van der Waals surface area contributed by atoms with Crippen molar-refractivity contribution in [3.8, 4) is 0 Å². The minimum Gasteiger partial charge on any atom is -0.636 e. The molecule has 38 heavy (non-hydrogen) atoms. The lowest BCUT2D eigenvalue weighted by atomic mass is 10.3. The third kappa shape index (κ3) is 29.5. The Hall–Kier alpha value is 2.05. The van der Waals surface area contributed by atoms with Crippen molar-refractivity contribution >= 4 is 57.9 Å². The minimum atomic E-state index is -0.963.